The van der Waals surface area contributed by atoms with E-state index in [-0.39, 0.29) is 30.0 Å². The first-order chi connectivity index (χ1) is 14.2. The van der Waals surface area contributed by atoms with Gasteiger partial charge < -0.3 is 20.4 Å². The molecule has 0 aliphatic carbocycles. The van der Waals surface area contributed by atoms with Gasteiger partial charge in [0, 0.05) is 31.9 Å². The third kappa shape index (κ3) is 7.59. The second-order valence-electron chi connectivity index (χ2n) is 8.58. The van der Waals surface area contributed by atoms with Gasteiger partial charge in [-0.25, -0.2) is 0 Å². The Kier molecular flexibility index (Phi) is 11.3. The number of likely N-dealkylation sites (tertiary alicyclic amines) is 1. The number of hydrogen-bond acceptors (Lipinski definition) is 3. The van der Waals surface area contributed by atoms with Gasteiger partial charge in [0.2, 0.25) is 0 Å². The average molecular weight is 528 g/mol. The molecule has 1 atom stereocenters. The van der Waals surface area contributed by atoms with Crippen molar-refractivity contribution >= 4 is 35.6 Å². The van der Waals surface area contributed by atoms with E-state index in [9.17, 15) is 0 Å². The summed E-state index contributed by atoms with van der Waals surface area (Å²) in [7, 11) is 0. The van der Waals surface area contributed by atoms with Crippen molar-refractivity contribution in [1.29, 1.82) is 0 Å². The summed E-state index contributed by atoms with van der Waals surface area (Å²) in [5.41, 5.74) is 2.68. The molecule has 2 saturated heterocycles. The van der Waals surface area contributed by atoms with E-state index in [1.54, 1.807) is 0 Å². The topological polar surface area (TPSA) is 42.9 Å². The van der Waals surface area contributed by atoms with Crippen molar-refractivity contribution in [3.05, 3.63) is 29.8 Å². The van der Waals surface area contributed by atoms with Crippen LogP contribution in [0.15, 0.2) is 29.3 Å². The van der Waals surface area contributed by atoms with Gasteiger partial charge in [-0.05, 0) is 89.2 Å². The minimum absolute atomic E-state index is 0. The Hall–Kier alpha value is -1.02. The maximum absolute atomic E-state index is 4.88. The molecule has 1 aromatic carbocycles. The Morgan fingerprint density at radius 3 is 2.53 bits per heavy atom. The summed E-state index contributed by atoms with van der Waals surface area (Å²) < 4.78 is 0. The van der Waals surface area contributed by atoms with E-state index in [1.165, 1.54) is 76.1 Å². The second kappa shape index (κ2) is 13.4. The van der Waals surface area contributed by atoms with E-state index in [4.69, 9.17) is 4.99 Å². The zero-order chi connectivity index (χ0) is 20.5. The van der Waals surface area contributed by atoms with Gasteiger partial charge in [-0.1, -0.05) is 19.1 Å². The number of nitrogens with zero attached hydrogens (tertiary/aromatic N) is 3. The fourth-order valence-electron chi connectivity index (χ4n) is 4.52. The molecule has 0 saturated carbocycles. The minimum Gasteiger partial charge on any atom is -0.372 e. The molecule has 2 N–H and O–H groups in total. The summed E-state index contributed by atoms with van der Waals surface area (Å²) in [5.74, 6) is 1.77. The third-order valence-electron chi connectivity index (χ3n) is 6.50. The Labute approximate surface area is 201 Å². The first-order valence-electron chi connectivity index (χ1n) is 11.8. The lowest BCUT2D eigenvalue weighted by Gasteiger charge is -2.30. The molecular formula is C24H42IN5. The summed E-state index contributed by atoms with van der Waals surface area (Å²) in [5, 5.41) is 7.05. The van der Waals surface area contributed by atoms with E-state index < -0.39 is 0 Å². The van der Waals surface area contributed by atoms with Gasteiger partial charge in [0.05, 0.1) is 6.04 Å². The standard InChI is InChI=1S/C24H41N5.HI/c1-4-25-24(26-14-11-21-12-17-28(5-2)18-13-21)27-20(3)22-9-8-10-23(19-22)29-15-6-7-16-29;/h8-10,19-21H,4-7,11-18H2,1-3H3,(H2,25,26,27);1H. The molecule has 170 valence electrons. The largest absolute Gasteiger partial charge is 0.372 e. The molecule has 1 aromatic rings. The van der Waals surface area contributed by atoms with Crippen molar-refractivity contribution in [1.82, 2.24) is 15.5 Å². The third-order valence-corrected chi connectivity index (χ3v) is 6.50. The number of hydrogen-bond donors (Lipinski definition) is 2. The second-order valence-corrected chi connectivity index (χ2v) is 8.58. The predicted octanol–water partition coefficient (Wildman–Crippen LogP) is 4.64. The van der Waals surface area contributed by atoms with Crippen LogP contribution >= 0.6 is 24.0 Å². The Morgan fingerprint density at radius 1 is 1.13 bits per heavy atom. The number of halogens is 1. The minimum atomic E-state index is 0. The van der Waals surface area contributed by atoms with E-state index in [0.29, 0.717) is 0 Å². The quantitative estimate of drug-likeness (QED) is 0.294. The molecule has 0 spiro atoms. The highest BCUT2D eigenvalue weighted by atomic mass is 127. The highest BCUT2D eigenvalue weighted by molar-refractivity contribution is 14.0. The molecule has 5 nitrogen and oxygen atoms in total. The monoisotopic (exact) mass is 527 g/mol. The Morgan fingerprint density at radius 2 is 1.87 bits per heavy atom. The van der Waals surface area contributed by atoms with Crippen molar-refractivity contribution in [2.75, 3.05) is 50.7 Å². The lowest BCUT2D eigenvalue weighted by atomic mass is 9.94. The maximum Gasteiger partial charge on any atom is 0.191 e. The van der Waals surface area contributed by atoms with Crippen LogP contribution in [-0.4, -0.2) is 56.7 Å². The van der Waals surface area contributed by atoms with E-state index in [2.05, 4.69) is 65.5 Å². The molecular weight excluding hydrogens is 485 g/mol. The lowest BCUT2D eigenvalue weighted by Crippen LogP contribution is -2.39. The van der Waals surface area contributed by atoms with Gasteiger partial charge in [-0.3, -0.25) is 4.99 Å². The van der Waals surface area contributed by atoms with Crippen LogP contribution in [-0.2, 0) is 0 Å². The zero-order valence-electron chi connectivity index (χ0n) is 19.2. The van der Waals surface area contributed by atoms with Gasteiger partial charge in [0.25, 0.3) is 0 Å². The SMILES string of the molecule is CCNC(=NCCC1CCN(CC)CC1)NC(C)c1cccc(N2CCCC2)c1.I. The predicted molar refractivity (Wildman–Crippen MR) is 140 cm³/mol. The van der Waals surface area contributed by atoms with E-state index >= 15 is 0 Å². The number of benzene rings is 1. The molecule has 2 aliphatic heterocycles. The number of nitrogens with one attached hydrogen (secondary N) is 2. The molecule has 0 bridgehead atoms. The number of piperidine rings is 1. The van der Waals surface area contributed by atoms with Crippen molar-refractivity contribution in [2.45, 2.75) is 58.9 Å². The average Bonchev–Trinajstić information content (AvgIpc) is 3.29. The fourth-order valence-corrected chi connectivity index (χ4v) is 4.52. The first-order valence-corrected chi connectivity index (χ1v) is 11.8. The van der Waals surface area contributed by atoms with Gasteiger partial charge in [-0.2, -0.15) is 0 Å². The van der Waals surface area contributed by atoms with Crippen LogP contribution in [0.3, 0.4) is 0 Å². The highest BCUT2D eigenvalue weighted by Gasteiger charge is 2.18. The molecule has 0 amide bonds. The summed E-state index contributed by atoms with van der Waals surface area (Å²) in [6, 6.07) is 9.23. The van der Waals surface area contributed by atoms with Crippen molar-refractivity contribution in [3.8, 4) is 0 Å². The van der Waals surface area contributed by atoms with Crippen molar-refractivity contribution in [3.63, 3.8) is 0 Å². The van der Waals surface area contributed by atoms with Crippen LogP contribution in [0.4, 0.5) is 5.69 Å². The number of anilines is 1. The summed E-state index contributed by atoms with van der Waals surface area (Å²) in [4.78, 5) is 9.94. The number of aliphatic imine (C=N–C) groups is 1. The molecule has 6 heteroatoms. The lowest BCUT2D eigenvalue weighted by molar-refractivity contribution is 0.188. The molecule has 0 radical (unpaired) electrons. The molecule has 0 aromatic heterocycles. The van der Waals surface area contributed by atoms with Crippen LogP contribution < -0.4 is 15.5 Å². The van der Waals surface area contributed by atoms with E-state index in [1.807, 2.05) is 0 Å². The molecule has 2 heterocycles. The molecule has 2 fully saturated rings. The van der Waals surface area contributed by atoms with Crippen LogP contribution in [0, 0.1) is 5.92 Å². The van der Waals surface area contributed by atoms with Crippen molar-refractivity contribution in [2.24, 2.45) is 10.9 Å². The first kappa shape index (κ1) is 25.2. The van der Waals surface area contributed by atoms with Gasteiger partial charge in [0.1, 0.15) is 0 Å². The summed E-state index contributed by atoms with van der Waals surface area (Å²) >= 11 is 0. The Bertz CT molecular complexity index is 636. The zero-order valence-corrected chi connectivity index (χ0v) is 21.5. The molecule has 2 aliphatic rings. The fraction of sp³-hybridized carbons (Fsp3) is 0.708. The smallest absolute Gasteiger partial charge is 0.191 e. The van der Waals surface area contributed by atoms with Crippen LogP contribution in [0.1, 0.15) is 64.5 Å². The van der Waals surface area contributed by atoms with Crippen LogP contribution in [0.25, 0.3) is 0 Å². The summed E-state index contributed by atoms with van der Waals surface area (Å²) in [6.45, 7) is 14.5. The Balaban J connectivity index is 0.00000320. The van der Waals surface area contributed by atoms with Crippen LogP contribution in [0.5, 0.6) is 0 Å². The van der Waals surface area contributed by atoms with Gasteiger partial charge in [-0.15, -0.1) is 24.0 Å². The highest BCUT2D eigenvalue weighted by Crippen LogP contribution is 2.24. The molecule has 3 rings (SSSR count). The van der Waals surface area contributed by atoms with Gasteiger partial charge >= 0.3 is 0 Å². The van der Waals surface area contributed by atoms with Crippen molar-refractivity contribution < 1.29 is 0 Å². The number of guanidine groups is 1. The summed E-state index contributed by atoms with van der Waals surface area (Å²) in [6.07, 6.45) is 6.48. The molecule has 1 unspecified atom stereocenters. The molecule has 30 heavy (non-hydrogen) atoms. The number of rotatable bonds is 8. The van der Waals surface area contributed by atoms with Gasteiger partial charge in [0.15, 0.2) is 5.96 Å². The maximum atomic E-state index is 4.88. The van der Waals surface area contributed by atoms with Crippen LogP contribution in [0.2, 0.25) is 0 Å². The van der Waals surface area contributed by atoms with E-state index in [0.717, 1.165) is 25.0 Å². The normalized spacial score (nSPS) is 19.4.